The van der Waals surface area contributed by atoms with Crippen LogP contribution in [-0.4, -0.2) is 83.0 Å². The molecule has 0 bridgehead atoms. The zero-order chi connectivity index (χ0) is 22.0. The third-order valence-corrected chi connectivity index (χ3v) is 6.97. The van der Waals surface area contributed by atoms with Gasteiger partial charge in [0.2, 0.25) is 0 Å². The molecule has 31 heavy (non-hydrogen) atoms. The number of carbonyl (C=O) groups is 2. The lowest BCUT2D eigenvalue weighted by atomic mass is 9.96. The Morgan fingerprint density at radius 2 is 1.87 bits per heavy atom. The summed E-state index contributed by atoms with van der Waals surface area (Å²) in [5.74, 6) is 0.720. The van der Waals surface area contributed by atoms with E-state index in [1.54, 1.807) is 18.1 Å². The number of rotatable bonds is 4. The number of hydrogen-bond acceptors (Lipinski definition) is 8. The molecule has 1 unspecified atom stereocenters. The molecule has 10 heteroatoms. The summed E-state index contributed by atoms with van der Waals surface area (Å²) in [6.07, 6.45) is 3.45. The van der Waals surface area contributed by atoms with E-state index in [9.17, 15) is 9.59 Å². The molecule has 9 nitrogen and oxygen atoms in total. The van der Waals surface area contributed by atoms with E-state index < -0.39 is 0 Å². The number of anilines is 1. The molecule has 2 fully saturated rings. The average molecular weight is 445 g/mol. The fourth-order valence-corrected chi connectivity index (χ4v) is 4.93. The summed E-state index contributed by atoms with van der Waals surface area (Å²) in [6, 6.07) is 0. The Balaban J connectivity index is 1.47. The van der Waals surface area contributed by atoms with E-state index in [0.717, 1.165) is 23.7 Å². The molecule has 166 valence electrons. The van der Waals surface area contributed by atoms with Crippen molar-refractivity contribution in [3.63, 3.8) is 0 Å². The van der Waals surface area contributed by atoms with Gasteiger partial charge in [0.1, 0.15) is 10.7 Å². The first-order valence-electron chi connectivity index (χ1n) is 10.6. The minimum Gasteiger partial charge on any atom is -0.378 e. The first-order chi connectivity index (χ1) is 15.0. The molecule has 2 aromatic heterocycles. The number of aromatic nitrogens is 3. The maximum Gasteiger partial charge on any atom is 0.265 e. The van der Waals surface area contributed by atoms with Crippen LogP contribution >= 0.6 is 11.3 Å². The second-order valence-electron chi connectivity index (χ2n) is 7.91. The van der Waals surface area contributed by atoms with Crippen LogP contribution in [0.2, 0.25) is 0 Å². The number of nitrogens with one attached hydrogen (secondary N) is 1. The SMILES string of the molecule is CNc1nc(C)c(C(=O)N2CCCC(c3ncc(C(=O)N4CCOCC4)c(C)n3)C2)s1. The van der Waals surface area contributed by atoms with E-state index in [4.69, 9.17) is 4.74 Å². The summed E-state index contributed by atoms with van der Waals surface area (Å²) in [4.78, 5) is 43.8. The van der Waals surface area contributed by atoms with Gasteiger partial charge in [0, 0.05) is 45.3 Å². The highest BCUT2D eigenvalue weighted by Crippen LogP contribution is 2.29. The van der Waals surface area contributed by atoms with Gasteiger partial charge < -0.3 is 19.9 Å². The van der Waals surface area contributed by atoms with Crippen LogP contribution in [0.3, 0.4) is 0 Å². The van der Waals surface area contributed by atoms with Gasteiger partial charge in [-0.25, -0.2) is 15.0 Å². The number of morpholine rings is 1. The smallest absolute Gasteiger partial charge is 0.265 e. The molecule has 0 aromatic carbocycles. The summed E-state index contributed by atoms with van der Waals surface area (Å²) in [5.41, 5.74) is 1.97. The van der Waals surface area contributed by atoms with Gasteiger partial charge in [-0.05, 0) is 26.7 Å². The molecule has 1 N–H and O–H groups in total. The fourth-order valence-electron chi connectivity index (χ4n) is 4.05. The number of carbonyl (C=O) groups excluding carboxylic acids is 2. The number of hydrogen-bond donors (Lipinski definition) is 1. The standard InChI is InChI=1S/C21H28N6O3S/c1-13-16(19(28)26-7-9-30-10-8-26)11-23-18(24-13)15-5-4-6-27(12-15)20(29)17-14(2)25-21(22-3)31-17/h11,15H,4-10,12H2,1-3H3,(H,22,25). The van der Waals surface area contributed by atoms with Crippen molar-refractivity contribution in [1.82, 2.24) is 24.8 Å². The van der Waals surface area contributed by atoms with Crippen LogP contribution in [0.4, 0.5) is 5.13 Å². The summed E-state index contributed by atoms with van der Waals surface area (Å²) in [5, 5.41) is 3.75. The van der Waals surface area contributed by atoms with E-state index in [2.05, 4.69) is 20.3 Å². The molecular weight excluding hydrogens is 416 g/mol. The van der Waals surface area contributed by atoms with Crippen LogP contribution < -0.4 is 5.32 Å². The van der Waals surface area contributed by atoms with Crippen molar-refractivity contribution < 1.29 is 14.3 Å². The molecule has 1 atom stereocenters. The van der Waals surface area contributed by atoms with Gasteiger partial charge >= 0.3 is 0 Å². The minimum absolute atomic E-state index is 0.0111. The Labute approximate surface area is 185 Å². The molecule has 0 spiro atoms. The third kappa shape index (κ3) is 4.54. The van der Waals surface area contributed by atoms with E-state index in [1.807, 2.05) is 18.7 Å². The molecule has 0 aliphatic carbocycles. The molecule has 2 saturated heterocycles. The molecule has 2 aliphatic heterocycles. The van der Waals surface area contributed by atoms with Gasteiger partial charge in [-0.1, -0.05) is 11.3 Å². The Bertz CT molecular complexity index is 972. The molecule has 0 radical (unpaired) electrons. The molecule has 4 heterocycles. The summed E-state index contributed by atoms with van der Waals surface area (Å²) in [7, 11) is 1.80. The highest BCUT2D eigenvalue weighted by Gasteiger charge is 2.30. The highest BCUT2D eigenvalue weighted by atomic mass is 32.1. The first kappa shape index (κ1) is 21.6. The monoisotopic (exact) mass is 444 g/mol. The Kier molecular flexibility index (Phi) is 6.47. The Hall–Kier alpha value is -2.59. The summed E-state index contributed by atoms with van der Waals surface area (Å²) in [6.45, 7) is 7.30. The molecule has 0 saturated carbocycles. The number of piperidine rings is 1. The topological polar surface area (TPSA) is 101 Å². The van der Waals surface area contributed by atoms with Crippen LogP contribution in [0.25, 0.3) is 0 Å². The van der Waals surface area contributed by atoms with Gasteiger partial charge in [0.05, 0.1) is 30.2 Å². The fraction of sp³-hybridized carbons (Fsp3) is 0.571. The van der Waals surface area contributed by atoms with Gasteiger partial charge in [-0.3, -0.25) is 9.59 Å². The Morgan fingerprint density at radius 3 is 2.55 bits per heavy atom. The second-order valence-corrected chi connectivity index (χ2v) is 8.90. The number of aryl methyl sites for hydroxylation is 2. The molecule has 2 amide bonds. The predicted molar refractivity (Wildman–Crippen MR) is 118 cm³/mol. The van der Waals surface area contributed by atoms with Crippen LogP contribution in [0, 0.1) is 13.8 Å². The van der Waals surface area contributed by atoms with Gasteiger partial charge in [0.25, 0.3) is 11.8 Å². The van der Waals surface area contributed by atoms with Gasteiger partial charge in [-0.15, -0.1) is 0 Å². The van der Waals surface area contributed by atoms with E-state index in [0.29, 0.717) is 61.4 Å². The van der Waals surface area contributed by atoms with Crippen molar-refractivity contribution in [2.24, 2.45) is 0 Å². The van der Waals surface area contributed by atoms with Crippen LogP contribution in [-0.2, 0) is 4.74 Å². The molecule has 2 aliphatic rings. The lowest BCUT2D eigenvalue weighted by Gasteiger charge is -2.32. The van der Waals surface area contributed by atoms with Crippen molar-refractivity contribution in [3.05, 3.63) is 33.8 Å². The number of ether oxygens (including phenoxy) is 1. The van der Waals surface area contributed by atoms with Crippen LogP contribution in [0.1, 0.15) is 56.0 Å². The number of amides is 2. The zero-order valence-electron chi connectivity index (χ0n) is 18.2. The number of nitrogens with zero attached hydrogens (tertiary/aromatic N) is 5. The van der Waals surface area contributed by atoms with Crippen molar-refractivity contribution in [2.75, 3.05) is 51.8 Å². The molecule has 4 rings (SSSR count). The van der Waals surface area contributed by atoms with E-state index >= 15 is 0 Å². The molecular formula is C21H28N6O3S. The quantitative estimate of drug-likeness (QED) is 0.771. The lowest BCUT2D eigenvalue weighted by molar-refractivity contribution is 0.0301. The lowest BCUT2D eigenvalue weighted by Crippen LogP contribution is -2.41. The van der Waals surface area contributed by atoms with E-state index in [1.165, 1.54) is 11.3 Å². The van der Waals surface area contributed by atoms with Crippen molar-refractivity contribution in [1.29, 1.82) is 0 Å². The van der Waals surface area contributed by atoms with Crippen LogP contribution in [0.5, 0.6) is 0 Å². The normalized spacial score (nSPS) is 19.4. The van der Waals surface area contributed by atoms with Gasteiger partial charge in [-0.2, -0.15) is 0 Å². The zero-order valence-corrected chi connectivity index (χ0v) is 19.0. The van der Waals surface area contributed by atoms with Crippen molar-refractivity contribution in [3.8, 4) is 0 Å². The maximum atomic E-state index is 13.1. The van der Waals surface area contributed by atoms with Crippen LogP contribution in [0.15, 0.2) is 6.20 Å². The highest BCUT2D eigenvalue weighted by molar-refractivity contribution is 7.17. The first-order valence-corrected chi connectivity index (χ1v) is 11.4. The van der Waals surface area contributed by atoms with E-state index in [-0.39, 0.29) is 17.7 Å². The summed E-state index contributed by atoms with van der Waals surface area (Å²) >= 11 is 1.38. The maximum absolute atomic E-state index is 13.1. The largest absolute Gasteiger partial charge is 0.378 e. The van der Waals surface area contributed by atoms with Crippen molar-refractivity contribution in [2.45, 2.75) is 32.6 Å². The Morgan fingerprint density at radius 1 is 1.10 bits per heavy atom. The minimum atomic E-state index is -0.0474. The average Bonchev–Trinajstić information content (AvgIpc) is 3.19. The molecule has 2 aromatic rings. The number of likely N-dealkylation sites (tertiary alicyclic amines) is 1. The second kappa shape index (κ2) is 9.27. The third-order valence-electron chi connectivity index (χ3n) is 5.81. The predicted octanol–water partition coefficient (Wildman–Crippen LogP) is 2.08. The number of thiazole rings is 1. The summed E-state index contributed by atoms with van der Waals surface area (Å²) < 4.78 is 5.33. The van der Waals surface area contributed by atoms with Crippen molar-refractivity contribution >= 4 is 28.3 Å². The van der Waals surface area contributed by atoms with Gasteiger partial charge in [0.15, 0.2) is 5.13 Å².